The fraction of sp³-hybridized carbons (Fsp3) is 0.320. The van der Waals surface area contributed by atoms with Gasteiger partial charge >= 0.3 is 0 Å². The average molecular weight is 449 g/mol. The third-order valence-corrected chi connectivity index (χ3v) is 6.14. The minimum atomic E-state index is -0.183. The van der Waals surface area contributed by atoms with E-state index in [-0.39, 0.29) is 6.04 Å². The minimum Gasteiger partial charge on any atom is -0.383 e. The normalized spacial score (nSPS) is 16.4. The average Bonchev–Trinajstić information content (AvgIpc) is 3.29. The second-order valence-electron chi connectivity index (χ2n) is 7.91. The molecule has 0 amide bonds. The van der Waals surface area contributed by atoms with Crippen LogP contribution < -0.4 is 5.32 Å². The molecule has 1 aliphatic rings. The lowest BCUT2D eigenvalue weighted by Crippen LogP contribution is -2.47. The number of allylic oxidation sites excluding steroid dienone is 1. The van der Waals surface area contributed by atoms with Gasteiger partial charge in [0, 0.05) is 24.9 Å². The summed E-state index contributed by atoms with van der Waals surface area (Å²) in [5.41, 5.74) is 6.39. The van der Waals surface area contributed by atoms with E-state index in [2.05, 4.69) is 60.7 Å². The van der Waals surface area contributed by atoms with E-state index < -0.39 is 0 Å². The minimum absolute atomic E-state index is 0.183. The largest absolute Gasteiger partial charge is 0.383 e. The van der Waals surface area contributed by atoms with Crippen molar-refractivity contribution in [1.82, 2.24) is 20.4 Å². The van der Waals surface area contributed by atoms with Crippen LogP contribution in [0.1, 0.15) is 42.5 Å². The van der Waals surface area contributed by atoms with Gasteiger partial charge in [-0.25, -0.2) is 0 Å². The molecule has 0 saturated heterocycles. The summed E-state index contributed by atoms with van der Waals surface area (Å²) in [5, 5.41) is 8.40. The summed E-state index contributed by atoms with van der Waals surface area (Å²) in [5.74, 6) is 1.06. The van der Waals surface area contributed by atoms with Gasteiger partial charge in [0.2, 0.25) is 5.82 Å². The molecular formula is C25H28N4O2S. The van der Waals surface area contributed by atoms with Crippen molar-refractivity contribution in [3.05, 3.63) is 76.8 Å². The van der Waals surface area contributed by atoms with Gasteiger partial charge in [-0.1, -0.05) is 66.2 Å². The summed E-state index contributed by atoms with van der Waals surface area (Å²) in [6.45, 7) is 7.45. The monoisotopic (exact) mass is 448 g/mol. The molecule has 1 unspecified atom stereocenters. The third kappa shape index (κ3) is 4.45. The number of benzene rings is 2. The van der Waals surface area contributed by atoms with Crippen LogP contribution in [0.2, 0.25) is 0 Å². The van der Waals surface area contributed by atoms with Gasteiger partial charge in [0.05, 0.1) is 18.2 Å². The molecule has 3 aromatic rings. The lowest BCUT2D eigenvalue weighted by Gasteiger charge is -2.37. The maximum absolute atomic E-state index is 5.79. The highest BCUT2D eigenvalue weighted by Gasteiger charge is 2.33. The molecule has 1 atom stereocenters. The summed E-state index contributed by atoms with van der Waals surface area (Å²) in [7, 11) is 1.68. The molecule has 0 aliphatic carbocycles. The molecule has 1 N–H and O–H groups in total. The first-order chi connectivity index (χ1) is 15.5. The van der Waals surface area contributed by atoms with Crippen molar-refractivity contribution in [2.24, 2.45) is 0 Å². The SMILES string of the molecule is CCc1ccc(-c2noc(C3=C(C)N(CCOC)C(=S)NC3c3ccc(C)cc3)n2)cc1. The third-order valence-electron chi connectivity index (χ3n) is 5.80. The van der Waals surface area contributed by atoms with E-state index in [0.29, 0.717) is 30.0 Å². The number of nitrogens with one attached hydrogen (secondary N) is 1. The maximum Gasteiger partial charge on any atom is 0.258 e. The van der Waals surface area contributed by atoms with E-state index in [1.54, 1.807) is 7.11 Å². The van der Waals surface area contributed by atoms with Crippen LogP contribution in [0.4, 0.5) is 0 Å². The molecule has 6 nitrogen and oxygen atoms in total. The number of hydrogen-bond acceptors (Lipinski definition) is 5. The number of thiocarbonyl (C=S) groups is 1. The second-order valence-corrected chi connectivity index (χ2v) is 8.30. The lowest BCUT2D eigenvalue weighted by molar-refractivity contribution is 0.183. The highest BCUT2D eigenvalue weighted by atomic mass is 32.1. The van der Waals surface area contributed by atoms with Gasteiger partial charge in [-0.3, -0.25) is 0 Å². The summed E-state index contributed by atoms with van der Waals surface area (Å²) in [6, 6.07) is 16.5. The summed E-state index contributed by atoms with van der Waals surface area (Å²) in [4.78, 5) is 6.79. The molecule has 32 heavy (non-hydrogen) atoms. The van der Waals surface area contributed by atoms with Crippen LogP contribution in [0.5, 0.6) is 0 Å². The molecular weight excluding hydrogens is 420 g/mol. The summed E-state index contributed by atoms with van der Waals surface area (Å²) < 4.78 is 11.1. The number of aryl methyl sites for hydroxylation is 2. The van der Waals surface area contributed by atoms with Gasteiger partial charge < -0.3 is 19.5 Å². The predicted molar refractivity (Wildman–Crippen MR) is 130 cm³/mol. The van der Waals surface area contributed by atoms with Crippen molar-refractivity contribution < 1.29 is 9.26 Å². The Labute approximate surface area is 194 Å². The molecule has 166 valence electrons. The molecule has 0 bridgehead atoms. The van der Waals surface area contributed by atoms with E-state index in [4.69, 9.17) is 26.5 Å². The van der Waals surface area contributed by atoms with E-state index in [1.807, 2.05) is 24.0 Å². The second kappa shape index (κ2) is 9.63. The lowest BCUT2D eigenvalue weighted by atomic mass is 9.94. The van der Waals surface area contributed by atoms with Crippen LogP contribution in [0.3, 0.4) is 0 Å². The van der Waals surface area contributed by atoms with Gasteiger partial charge in [0.25, 0.3) is 5.89 Å². The number of rotatable bonds is 7. The van der Waals surface area contributed by atoms with Gasteiger partial charge in [-0.15, -0.1) is 0 Å². The Morgan fingerprint density at radius 1 is 1.09 bits per heavy atom. The van der Waals surface area contributed by atoms with Gasteiger partial charge in [-0.05, 0) is 43.6 Å². The smallest absolute Gasteiger partial charge is 0.258 e. The van der Waals surface area contributed by atoms with Gasteiger partial charge in [0.15, 0.2) is 5.11 Å². The van der Waals surface area contributed by atoms with Crippen molar-refractivity contribution in [2.45, 2.75) is 33.2 Å². The van der Waals surface area contributed by atoms with Crippen molar-refractivity contribution in [3.63, 3.8) is 0 Å². The Morgan fingerprint density at radius 2 is 1.81 bits per heavy atom. The predicted octanol–water partition coefficient (Wildman–Crippen LogP) is 4.92. The molecule has 1 aliphatic heterocycles. The van der Waals surface area contributed by atoms with Crippen molar-refractivity contribution in [1.29, 1.82) is 0 Å². The molecule has 0 spiro atoms. The van der Waals surface area contributed by atoms with E-state index in [1.165, 1.54) is 11.1 Å². The molecule has 0 saturated carbocycles. The van der Waals surface area contributed by atoms with Crippen LogP contribution >= 0.6 is 12.2 Å². The first kappa shape index (κ1) is 22.2. The molecule has 1 aromatic heterocycles. The zero-order valence-electron chi connectivity index (χ0n) is 18.9. The Bertz CT molecular complexity index is 1120. The standard InChI is InChI=1S/C25H28N4O2S/c1-5-18-8-12-20(13-9-18)23-27-24(31-28-23)21-17(3)29(14-15-30-4)25(32)26-22(21)19-10-6-16(2)7-11-19/h6-13,22H,5,14-15H2,1-4H3,(H,26,32). The zero-order chi connectivity index (χ0) is 22.7. The van der Waals surface area contributed by atoms with Crippen molar-refractivity contribution >= 4 is 22.9 Å². The van der Waals surface area contributed by atoms with Gasteiger partial charge in [-0.2, -0.15) is 4.98 Å². The molecule has 0 radical (unpaired) electrons. The summed E-state index contributed by atoms with van der Waals surface area (Å²) >= 11 is 5.69. The Kier molecular flexibility index (Phi) is 6.67. The molecule has 4 rings (SSSR count). The Hall–Kier alpha value is -3.03. The first-order valence-corrected chi connectivity index (χ1v) is 11.2. The highest BCUT2D eigenvalue weighted by molar-refractivity contribution is 7.80. The zero-order valence-corrected chi connectivity index (χ0v) is 19.7. The maximum atomic E-state index is 5.79. The topological polar surface area (TPSA) is 63.4 Å². The first-order valence-electron chi connectivity index (χ1n) is 10.8. The Balaban J connectivity index is 1.76. The van der Waals surface area contributed by atoms with E-state index >= 15 is 0 Å². The number of hydrogen-bond donors (Lipinski definition) is 1. The molecule has 2 heterocycles. The molecule has 0 fully saturated rings. The van der Waals surface area contributed by atoms with Crippen LogP contribution in [0, 0.1) is 6.92 Å². The molecule has 2 aromatic carbocycles. The van der Waals surface area contributed by atoms with Crippen LogP contribution in [-0.2, 0) is 11.2 Å². The number of ether oxygens (including phenoxy) is 1. The van der Waals surface area contributed by atoms with Crippen LogP contribution in [0.15, 0.2) is 58.8 Å². The Morgan fingerprint density at radius 3 is 2.47 bits per heavy atom. The van der Waals surface area contributed by atoms with Gasteiger partial charge in [0.1, 0.15) is 0 Å². The summed E-state index contributed by atoms with van der Waals surface area (Å²) in [6.07, 6.45) is 0.991. The van der Waals surface area contributed by atoms with Crippen LogP contribution in [-0.4, -0.2) is 40.4 Å². The van der Waals surface area contributed by atoms with Crippen LogP contribution in [0.25, 0.3) is 17.0 Å². The number of nitrogens with zero attached hydrogens (tertiary/aromatic N) is 3. The number of methoxy groups -OCH3 is 1. The highest BCUT2D eigenvalue weighted by Crippen LogP contribution is 2.37. The fourth-order valence-corrected chi connectivity index (χ4v) is 4.20. The van der Waals surface area contributed by atoms with Crippen molar-refractivity contribution in [3.8, 4) is 11.4 Å². The van der Waals surface area contributed by atoms with Crippen molar-refractivity contribution in [2.75, 3.05) is 20.3 Å². The van der Waals surface area contributed by atoms with E-state index in [9.17, 15) is 0 Å². The van der Waals surface area contributed by atoms with E-state index in [0.717, 1.165) is 28.8 Å². The fourth-order valence-electron chi connectivity index (χ4n) is 3.86. The molecule has 7 heteroatoms. The quantitative estimate of drug-likeness (QED) is 0.515. The number of aromatic nitrogens is 2.